The molecule has 0 atom stereocenters. The van der Waals surface area contributed by atoms with E-state index in [0.717, 1.165) is 12.1 Å². The number of hydrogen-bond acceptors (Lipinski definition) is 4. The fourth-order valence-corrected chi connectivity index (χ4v) is 1.71. The van der Waals surface area contributed by atoms with Crippen molar-refractivity contribution >= 4 is 0 Å². The predicted molar refractivity (Wildman–Crippen MR) is 67.1 cm³/mol. The lowest BCUT2D eigenvalue weighted by Crippen LogP contribution is -2.20. The van der Waals surface area contributed by atoms with Gasteiger partial charge in [-0.2, -0.15) is 0 Å². The Labute approximate surface area is 106 Å². The Morgan fingerprint density at radius 3 is 2.56 bits per heavy atom. The van der Waals surface area contributed by atoms with Crippen LogP contribution < -0.4 is 0 Å². The van der Waals surface area contributed by atoms with Crippen LogP contribution in [0.4, 0.5) is 0 Å². The summed E-state index contributed by atoms with van der Waals surface area (Å²) >= 11 is 0. The zero-order valence-electron chi connectivity index (χ0n) is 10.6. The van der Waals surface area contributed by atoms with Crippen LogP contribution in [-0.4, -0.2) is 35.5 Å². The summed E-state index contributed by atoms with van der Waals surface area (Å²) in [6.07, 6.45) is 2.40. The van der Waals surface area contributed by atoms with Gasteiger partial charge in [-0.05, 0) is 5.56 Å². The fraction of sp³-hybridized carbons (Fsp3) is 0.385. The second-order valence-electron chi connectivity index (χ2n) is 4.00. The van der Waals surface area contributed by atoms with Crippen LogP contribution in [0.3, 0.4) is 0 Å². The lowest BCUT2D eigenvalue weighted by Gasteiger charge is -2.11. The molecule has 1 heterocycles. The molecule has 5 nitrogen and oxygen atoms in total. The van der Waals surface area contributed by atoms with Crippen LogP contribution in [0.25, 0.3) is 0 Å². The molecule has 0 spiro atoms. The van der Waals surface area contributed by atoms with Crippen molar-refractivity contribution in [1.29, 1.82) is 0 Å². The normalized spacial score (nSPS) is 11.1. The van der Waals surface area contributed by atoms with Crippen molar-refractivity contribution in [2.24, 2.45) is 0 Å². The first kappa shape index (κ1) is 12.7. The van der Waals surface area contributed by atoms with Crippen LogP contribution in [0.5, 0.6) is 0 Å². The molecule has 0 amide bonds. The molecule has 18 heavy (non-hydrogen) atoms. The topological polar surface area (TPSA) is 49.2 Å². The first-order valence-electron chi connectivity index (χ1n) is 5.80. The smallest absolute Gasteiger partial charge is 0.176 e. The lowest BCUT2D eigenvalue weighted by molar-refractivity contribution is -0.112. The van der Waals surface area contributed by atoms with Crippen LogP contribution in [0.15, 0.2) is 36.5 Å². The van der Waals surface area contributed by atoms with Gasteiger partial charge in [0.25, 0.3) is 0 Å². The molecule has 2 aromatic rings. The third-order valence-corrected chi connectivity index (χ3v) is 2.68. The van der Waals surface area contributed by atoms with Crippen LogP contribution >= 0.6 is 0 Å². The Hall–Kier alpha value is -1.72. The summed E-state index contributed by atoms with van der Waals surface area (Å²) in [6, 6.07) is 10.2. The number of aromatic nitrogens is 3. The van der Waals surface area contributed by atoms with E-state index in [-0.39, 0.29) is 6.29 Å². The largest absolute Gasteiger partial charge is 0.354 e. The summed E-state index contributed by atoms with van der Waals surface area (Å²) in [6.45, 7) is 0.536. The zero-order valence-corrected chi connectivity index (χ0v) is 10.6. The van der Waals surface area contributed by atoms with Crippen molar-refractivity contribution in [2.45, 2.75) is 19.3 Å². The molecule has 0 bridgehead atoms. The third kappa shape index (κ3) is 3.38. The maximum Gasteiger partial charge on any atom is 0.176 e. The molecule has 1 aromatic heterocycles. The van der Waals surface area contributed by atoms with E-state index in [2.05, 4.69) is 22.4 Å². The average molecular weight is 247 g/mol. The Morgan fingerprint density at radius 2 is 1.89 bits per heavy atom. The van der Waals surface area contributed by atoms with E-state index in [1.165, 1.54) is 5.56 Å². The van der Waals surface area contributed by atoms with Crippen LogP contribution in [0.2, 0.25) is 0 Å². The van der Waals surface area contributed by atoms with Crippen LogP contribution in [0.1, 0.15) is 11.3 Å². The molecule has 0 aliphatic rings. The van der Waals surface area contributed by atoms with E-state index in [4.69, 9.17) is 9.47 Å². The van der Waals surface area contributed by atoms with E-state index in [9.17, 15) is 0 Å². The highest BCUT2D eigenvalue weighted by Gasteiger charge is 2.08. The quantitative estimate of drug-likeness (QED) is 0.726. The van der Waals surface area contributed by atoms with Gasteiger partial charge in [0.05, 0.1) is 12.2 Å². The highest BCUT2D eigenvalue weighted by molar-refractivity contribution is 5.19. The number of benzene rings is 1. The Bertz CT molecular complexity index is 466. The summed E-state index contributed by atoms with van der Waals surface area (Å²) in [5.74, 6) is 0. The molecule has 0 saturated carbocycles. The third-order valence-electron chi connectivity index (χ3n) is 2.68. The van der Waals surface area contributed by atoms with Crippen molar-refractivity contribution in [2.75, 3.05) is 14.2 Å². The Kier molecular flexibility index (Phi) is 4.44. The Balaban J connectivity index is 1.98. The summed E-state index contributed by atoms with van der Waals surface area (Å²) in [5, 5.41) is 8.19. The highest BCUT2D eigenvalue weighted by atomic mass is 16.7. The zero-order chi connectivity index (χ0) is 12.8. The van der Waals surface area contributed by atoms with Gasteiger partial charge in [-0.15, -0.1) is 5.10 Å². The first-order chi connectivity index (χ1) is 8.81. The monoisotopic (exact) mass is 247 g/mol. The summed E-state index contributed by atoms with van der Waals surface area (Å²) < 4.78 is 12.0. The van der Waals surface area contributed by atoms with E-state index in [1.54, 1.807) is 18.9 Å². The number of rotatable bonds is 6. The second-order valence-corrected chi connectivity index (χ2v) is 4.00. The molecule has 0 aliphatic heterocycles. The van der Waals surface area contributed by atoms with Gasteiger partial charge in [0.2, 0.25) is 0 Å². The molecule has 0 unspecified atom stereocenters. The van der Waals surface area contributed by atoms with E-state index >= 15 is 0 Å². The van der Waals surface area contributed by atoms with Crippen molar-refractivity contribution in [1.82, 2.24) is 15.0 Å². The van der Waals surface area contributed by atoms with Gasteiger partial charge >= 0.3 is 0 Å². The molecule has 1 aromatic carbocycles. The summed E-state index contributed by atoms with van der Waals surface area (Å²) in [7, 11) is 3.21. The Morgan fingerprint density at radius 1 is 1.17 bits per heavy atom. The van der Waals surface area contributed by atoms with Gasteiger partial charge in [-0.25, -0.2) is 4.68 Å². The van der Waals surface area contributed by atoms with Gasteiger partial charge in [0, 0.05) is 26.8 Å². The number of hydrogen-bond donors (Lipinski definition) is 0. The van der Waals surface area contributed by atoms with E-state index in [1.807, 2.05) is 24.4 Å². The highest BCUT2D eigenvalue weighted by Crippen LogP contribution is 2.06. The van der Waals surface area contributed by atoms with Gasteiger partial charge in [0.1, 0.15) is 0 Å². The first-order valence-corrected chi connectivity index (χ1v) is 5.80. The minimum absolute atomic E-state index is 0.295. The molecule has 0 fully saturated rings. The molecular formula is C13H17N3O2. The molecular weight excluding hydrogens is 230 g/mol. The van der Waals surface area contributed by atoms with Crippen LogP contribution in [-0.2, 0) is 22.4 Å². The average Bonchev–Trinajstić information content (AvgIpc) is 2.84. The number of ether oxygens (including phenoxy) is 2. The van der Waals surface area contributed by atoms with Gasteiger partial charge < -0.3 is 9.47 Å². The molecule has 0 aliphatic carbocycles. The predicted octanol–water partition coefficient (Wildman–Crippen LogP) is 1.49. The van der Waals surface area contributed by atoms with Crippen molar-refractivity contribution in [3.8, 4) is 0 Å². The molecule has 96 valence electrons. The van der Waals surface area contributed by atoms with Gasteiger partial charge in [-0.3, -0.25) is 0 Å². The molecule has 0 saturated heterocycles. The number of methoxy groups -OCH3 is 2. The minimum Gasteiger partial charge on any atom is -0.354 e. The SMILES string of the molecule is COC(Cn1cc(Cc2ccccc2)nn1)OC. The van der Waals surface area contributed by atoms with Gasteiger partial charge in [-0.1, -0.05) is 35.5 Å². The summed E-state index contributed by atoms with van der Waals surface area (Å²) in [4.78, 5) is 0. The van der Waals surface area contributed by atoms with Crippen molar-refractivity contribution in [3.05, 3.63) is 47.8 Å². The van der Waals surface area contributed by atoms with E-state index < -0.39 is 0 Å². The molecule has 0 N–H and O–H groups in total. The van der Waals surface area contributed by atoms with Crippen molar-refractivity contribution < 1.29 is 9.47 Å². The lowest BCUT2D eigenvalue weighted by atomic mass is 10.1. The second kappa shape index (κ2) is 6.28. The number of nitrogens with zero attached hydrogens (tertiary/aromatic N) is 3. The fourth-order valence-electron chi connectivity index (χ4n) is 1.71. The van der Waals surface area contributed by atoms with Gasteiger partial charge in [0.15, 0.2) is 6.29 Å². The summed E-state index contributed by atoms with van der Waals surface area (Å²) in [5.41, 5.74) is 2.16. The molecule has 0 radical (unpaired) electrons. The maximum absolute atomic E-state index is 5.12. The molecule has 2 rings (SSSR count). The van der Waals surface area contributed by atoms with Crippen LogP contribution in [0, 0.1) is 0 Å². The van der Waals surface area contributed by atoms with E-state index in [0.29, 0.717) is 6.54 Å². The molecule has 5 heteroatoms. The standard InChI is InChI=1S/C13H17N3O2/c1-17-13(18-2)10-16-9-12(14-15-16)8-11-6-4-3-5-7-11/h3-7,9,13H,8,10H2,1-2H3. The minimum atomic E-state index is -0.295. The van der Waals surface area contributed by atoms with Crippen molar-refractivity contribution in [3.63, 3.8) is 0 Å². The maximum atomic E-state index is 5.12.